The molecule has 6 nitrogen and oxygen atoms in total. The van der Waals surface area contributed by atoms with Crippen LogP contribution in [0.5, 0.6) is 0 Å². The van der Waals surface area contributed by atoms with Gasteiger partial charge in [0.25, 0.3) is 0 Å². The number of allylic oxidation sites excluding steroid dienone is 20. The molecular weight excluding hydrogens is 961 g/mol. The van der Waals surface area contributed by atoms with E-state index in [4.69, 9.17) is 14.2 Å². The lowest BCUT2D eigenvalue weighted by Crippen LogP contribution is -2.30. The Hall–Kier alpha value is -4.19. The predicted molar refractivity (Wildman–Crippen MR) is 339 cm³/mol. The van der Waals surface area contributed by atoms with Crippen molar-refractivity contribution in [1.82, 2.24) is 0 Å². The molecule has 0 aromatic rings. The maximum atomic E-state index is 12.8. The van der Waals surface area contributed by atoms with Gasteiger partial charge in [-0.15, -0.1) is 0 Å². The van der Waals surface area contributed by atoms with E-state index in [1.54, 1.807) is 0 Å². The molecule has 0 saturated heterocycles. The molecule has 444 valence electrons. The number of hydrogen-bond donors (Lipinski definition) is 0. The first-order valence-electron chi connectivity index (χ1n) is 32.5. The molecule has 0 fully saturated rings. The highest BCUT2D eigenvalue weighted by molar-refractivity contribution is 5.71. The molecule has 0 rings (SSSR count). The molecule has 0 spiro atoms. The van der Waals surface area contributed by atoms with Crippen LogP contribution in [0, 0.1) is 0 Å². The van der Waals surface area contributed by atoms with E-state index in [0.29, 0.717) is 19.3 Å². The minimum absolute atomic E-state index is 0.0818. The first-order chi connectivity index (χ1) is 38.5. The van der Waals surface area contributed by atoms with E-state index < -0.39 is 6.10 Å². The smallest absolute Gasteiger partial charge is 0.306 e. The first-order valence-corrected chi connectivity index (χ1v) is 32.5. The Labute approximate surface area is 482 Å². The van der Waals surface area contributed by atoms with Gasteiger partial charge in [-0.25, -0.2) is 0 Å². The second-order valence-corrected chi connectivity index (χ2v) is 21.3. The fourth-order valence-electron chi connectivity index (χ4n) is 8.84. The molecule has 6 heteroatoms. The van der Waals surface area contributed by atoms with E-state index in [0.717, 1.165) is 122 Å². The lowest BCUT2D eigenvalue weighted by Gasteiger charge is -2.18. The summed E-state index contributed by atoms with van der Waals surface area (Å²) in [5, 5.41) is 0. The minimum Gasteiger partial charge on any atom is -0.462 e. The topological polar surface area (TPSA) is 78.9 Å². The van der Waals surface area contributed by atoms with Gasteiger partial charge in [0.2, 0.25) is 0 Å². The van der Waals surface area contributed by atoms with Crippen LogP contribution >= 0.6 is 0 Å². The highest BCUT2D eigenvalue weighted by atomic mass is 16.6. The normalized spacial score (nSPS) is 12.9. The van der Waals surface area contributed by atoms with Crippen molar-refractivity contribution in [2.75, 3.05) is 13.2 Å². The van der Waals surface area contributed by atoms with Crippen molar-refractivity contribution in [3.8, 4) is 0 Å². The van der Waals surface area contributed by atoms with Crippen molar-refractivity contribution in [2.24, 2.45) is 0 Å². The van der Waals surface area contributed by atoms with Gasteiger partial charge in [0.05, 0.1) is 0 Å². The van der Waals surface area contributed by atoms with E-state index in [2.05, 4.69) is 142 Å². The monoisotopic (exact) mass is 1080 g/mol. The Morgan fingerprint density at radius 1 is 0.269 bits per heavy atom. The standard InChI is InChI=1S/C72H120O6/c1-4-7-10-13-16-18-20-22-24-26-28-29-30-31-32-33-34-35-36-37-38-39-40-41-42-43-44-46-47-49-51-53-56-59-62-65-71(74)77-68-69(67-76-70(73)64-61-58-55-15-12-9-6-3)78-72(75)66-63-60-57-54-52-50-48-45-27-25-23-21-19-17-14-11-8-5-2/h7,10,16,18-19,21-22,24-25,27-29,31-32,34-35,37-38,40-41,69H,4-6,8-9,11-15,17,20,23,26,30,33,36,39,42-68H2,1-3H3/b10-7-,18-16-,21-19-,24-22-,27-25-,29-28-,32-31-,35-34-,38-37-,41-40-. The summed E-state index contributed by atoms with van der Waals surface area (Å²) in [5.41, 5.74) is 0. The van der Waals surface area contributed by atoms with Crippen molar-refractivity contribution in [2.45, 2.75) is 303 Å². The number of ether oxygens (including phenoxy) is 3. The third-order valence-corrected chi connectivity index (χ3v) is 13.7. The molecule has 1 atom stereocenters. The molecule has 0 radical (unpaired) electrons. The Kier molecular flexibility index (Phi) is 61.8. The highest BCUT2D eigenvalue weighted by Crippen LogP contribution is 2.15. The van der Waals surface area contributed by atoms with Crippen LogP contribution < -0.4 is 0 Å². The fraction of sp³-hybridized carbons (Fsp3) is 0.681. The van der Waals surface area contributed by atoms with Crippen LogP contribution in [0.15, 0.2) is 122 Å². The fourth-order valence-corrected chi connectivity index (χ4v) is 8.84. The molecule has 78 heavy (non-hydrogen) atoms. The average molecular weight is 1080 g/mol. The third-order valence-electron chi connectivity index (χ3n) is 13.7. The van der Waals surface area contributed by atoms with E-state index in [1.807, 2.05) is 0 Å². The second-order valence-electron chi connectivity index (χ2n) is 21.3. The van der Waals surface area contributed by atoms with Gasteiger partial charge < -0.3 is 14.2 Å². The molecule has 0 aromatic carbocycles. The predicted octanol–water partition coefficient (Wildman–Crippen LogP) is 22.4. The van der Waals surface area contributed by atoms with E-state index in [-0.39, 0.29) is 31.1 Å². The van der Waals surface area contributed by atoms with E-state index >= 15 is 0 Å². The number of rotatable bonds is 58. The quantitative estimate of drug-likeness (QED) is 0.0261. The molecule has 1 unspecified atom stereocenters. The highest BCUT2D eigenvalue weighted by Gasteiger charge is 2.19. The SMILES string of the molecule is CC/C=C\C/C=C\C/C=C\C/C=C\C/C=C\C/C=C\C/C=C\C/C=C\CCCCCCCCCCCCC(=O)OCC(COC(=O)CCCCCCCCC)OC(=O)CCCCCCCCC/C=C\C/C=C\CCCCCC. The lowest BCUT2D eigenvalue weighted by atomic mass is 10.1. The van der Waals surface area contributed by atoms with Gasteiger partial charge in [0.1, 0.15) is 13.2 Å². The maximum Gasteiger partial charge on any atom is 0.306 e. The number of hydrogen-bond acceptors (Lipinski definition) is 6. The van der Waals surface area contributed by atoms with Gasteiger partial charge in [-0.05, 0) is 116 Å². The van der Waals surface area contributed by atoms with Crippen molar-refractivity contribution in [3.05, 3.63) is 122 Å². The number of esters is 3. The molecule has 0 aromatic heterocycles. The Balaban J connectivity index is 4.11. The van der Waals surface area contributed by atoms with Crippen LogP contribution in [0.25, 0.3) is 0 Å². The summed E-state index contributed by atoms with van der Waals surface area (Å²) in [7, 11) is 0. The molecule has 0 saturated carbocycles. The van der Waals surface area contributed by atoms with Crippen LogP contribution in [0.2, 0.25) is 0 Å². The summed E-state index contributed by atoms with van der Waals surface area (Å²) in [4.78, 5) is 38.1. The zero-order chi connectivity index (χ0) is 56.4. The summed E-state index contributed by atoms with van der Waals surface area (Å²) in [6, 6.07) is 0. The largest absolute Gasteiger partial charge is 0.462 e. The summed E-state index contributed by atoms with van der Waals surface area (Å²) >= 11 is 0. The Morgan fingerprint density at radius 2 is 0.500 bits per heavy atom. The third kappa shape index (κ3) is 62.7. The number of unbranched alkanes of at least 4 members (excludes halogenated alkanes) is 27. The molecule has 0 aliphatic heterocycles. The zero-order valence-electron chi connectivity index (χ0n) is 50.9. The second kappa shape index (κ2) is 65.3. The van der Waals surface area contributed by atoms with Gasteiger partial charge in [-0.2, -0.15) is 0 Å². The van der Waals surface area contributed by atoms with Gasteiger partial charge in [0, 0.05) is 19.3 Å². The molecule has 0 heterocycles. The zero-order valence-corrected chi connectivity index (χ0v) is 50.9. The molecule has 0 amide bonds. The van der Waals surface area contributed by atoms with Crippen LogP contribution in [-0.2, 0) is 28.6 Å². The van der Waals surface area contributed by atoms with Crippen LogP contribution in [-0.4, -0.2) is 37.2 Å². The number of carbonyl (C=O) groups excluding carboxylic acids is 3. The van der Waals surface area contributed by atoms with Gasteiger partial charge >= 0.3 is 17.9 Å². The lowest BCUT2D eigenvalue weighted by molar-refractivity contribution is -0.167. The van der Waals surface area contributed by atoms with Crippen LogP contribution in [0.3, 0.4) is 0 Å². The first kappa shape index (κ1) is 73.8. The molecule has 0 bridgehead atoms. The van der Waals surface area contributed by atoms with E-state index in [9.17, 15) is 14.4 Å². The number of carbonyl (C=O) groups is 3. The molecular formula is C72H120O6. The average Bonchev–Trinajstić information content (AvgIpc) is 3.44. The van der Waals surface area contributed by atoms with Gasteiger partial charge in [0.15, 0.2) is 6.10 Å². The summed E-state index contributed by atoms with van der Waals surface area (Å²) in [6.45, 7) is 6.47. The summed E-state index contributed by atoms with van der Waals surface area (Å²) in [6.07, 6.45) is 90.9. The van der Waals surface area contributed by atoms with Gasteiger partial charge in [-0.1, -0.05) is 284 Å². The Morgan fingerprint density at radius 3 is 0.795 bits per heavy atom. The van der Waals surface area contributed by atoms with Crippen LogP contribution in [0.4, 0.5) is 0 Å². The van der Waals surface area contributed by atoms with Gasteiger partial charge in [-0.3, -0.25) is 14.4 Å². The van der Waals surface area contributed by atoms with Crippen molar-refractivity contribution < 1.29 is 28.6 Å². The van der Waals surface area contributed by atoms with Crippen molar-refractivity contribution in [3.63, 3.8) is 0 Å². The van der Waals surface area contributed by atoms with E-state index in [1.165, 1.54) is 135 Å². The minimum atomic E-state index is -0.783. The summed E-state index contributed by atoms with van der Waals surface area (Å²) < 4.78 is 16.8. The van der Waals surface area contributed by atoms with Crippen LogP contribution in [0.1, 0.15) is 297 Å². The maximum absolute atomic E-state index is 12.8. The van der Waals surface area contributed by atoms with Crippen molar-refractivity contribution in [1.29, 1.82) is 0 Å². The molecule has 0 aliphatic carbocycles. The molecule has 0 aliphatic rings. The summed E-state index contributed by atoms with van der Waals surface area (Å²) in [5.74, 6) is -0.897. The van der Waals surface area contributed by atoms with Crippen molar-refractivity contribution >= 4 is 17.9 Å². The Bertz CT molecular complexity index is 1620. The molecule has 0 N–H and O–H groups in total.